The maximum atomic E-state index is 13.1. The number of nitrogens with two attached hydrogens (primary N) is 1. The van der Waals surface area contributed by atoms with E-state index in [4.69, 9.17) is 17.3 Å². The Hall–Kier alpha value is -1.13. The minimum Gasteiger partial charge on any atom is -0.352 e. The number of benzene rings is 1. The minimum absolute atomic E-state index is 0.0551. The highest BCUT2D eigenvalue weighted by Crippen LogP contribution is 2.15. The normalized spacial score (nSPS) is 12.2. The van der Waals surface area contributed by atoms with Gasteiger partial charge in [-0.1, -0.05) is 17.7 Å². The van der Waals surface area contributed by atoms with Gasteiger partial charge in [0.2, 0.25) is 5.91 Å². The number of hydrogen-bond acceptors (Lipinski definition) is 2. The highest BCUT2D eigenvalue weighted by Gasteiger charge is 2.08. The Bertz CT molecular complexity index is 384. The predicted molar refractivity (Wildman–Crippen MR) is 61.8 cm³/mol. The second-order valence-electron chi connectivity index (χ2n) is 3.63. The fraction of sp³-hybridized carbons (Fsp3) is 0.364. The van der Waals surface area contributed by atoms with E-state index in [1.165, 1.54) is 12.1 Å². The molecule has 16 heavy (non-hydrogen) atoms. The van der Waals surface area contributed by atoms with Crippen LogP contribution in [0, 0.1) is 5.82 Å². The molecule has 3 N–H and O–H groups in total. The van der Waals surface area contributed by atoms with Gasteiger partial charge in [-0.25, -0.2) is 4.39 Å². The van der Waals surface area contributed by atoms with Crippen LogP contribution < -0.4 is 11.1 Å². The molecule has 0 fully saturated rings. The summed E-state index contributed by atoms with van der Waals surface area (Å²) in [4.78, 5) is 11.5. The molecule has 0 radical (unpaired) electrons. The Morgan fingerprint density at radius 2 is 2.31 bits per heavy atom. The molecule has 0 aliphatic rings. The number of carbonyl (C=O) groups is 1. The Labute approximate surface area is 98.8 Å². The fourth-order valence-corrected chi connectivity index (χ4v) is 1.34. The lowest BCUT2D eigenvalue weighted by Crippen LogP contribution is -2.38. The van der Waals surface area contributed by atoms with Gasteiger partial charge >= 0.3 is 0 Å². The van der Waals surface area contributed by atoms with Crippen molar-refractivity contribution in [2.75, 3.05) is 6.54 Å². The van der Waals surface area contributed by atoms with E-state index in [1.807, 2.05) is 0 Å². The van der Waals surface area contributed by atoms with Crippen molar-refractivity contribution in [3.63, 3.8) is 0 Å². The Morgan fingerprint density at radius 1 is 1.62 bits per heavy atom. The van der Waals surface area contributed by atoms with E-state index < -0.39 is 5.82 Å². The van der Waals surface area contributed by atoms with Gasteiger partial charge in [0.1, 0.15) is 5.82 Å². The lowest BCUT2D eigenvalue weighted by Gasteiger charge is -2.11. The van der Waals surface area contributed by atoms with Crippen LogP contribution in [0.15, 0.2) is 18.2 Å². The van der Waals surface area contributed by atoms with Crippen LogP contribution in [0.2, 0.25) is 5.02 Å². The molecule has 0 aliphatic heterocycles. The third-order valence-corrected chi connectivity index (χ3v) is 2.42. The van der Waals surface area contributed by atoms with Gasteiger partial charge in [-0.15, -0.1) is 0 Å². The van der Waals surface area contributed by atoms with E-state index in [2.05, 4.69) is 5.32 Å². The van der Waals surface area contributed by atoms with Gasteiger partial charge in [-0.2, -0.15) is 0 Å². The quantitative estimate of drug-likeness (QED) is 0.843. The zero-order valence-corrected chi connectivity index (χ0v) is 9.72. The van der Waals surface area contributed by atoms with Gasteiger partial charge in [0.25, 0.3) is 0 Å². The smallest absolute Gasteiger partial charge is 0.224 e. The van der Waals surface area contributed by atoms with Crippen molar-refractivity contribution < 1.29 is 9.18 Å². The lowest BCUT2D eigenvalue weighted by molar-refractivity contribution is -0.120. The molecule has 0 spiro atoms. The van der Waals surface area contributed by atoms with Crippen LogP contribution in [0.1, 0.15) is 12.5 Å². The van der Waals surface area contributed by atoms with Gasteiger partial charge in [0, 0.05) is 12.6 Å². The van der Waals surface area contributed by atoms with Crippen LogP contribution >= 0.6 is 11.6 Å². The zero-order valence-electron chi connectivity index (χ0n) is 8.97. The average Bonchev–Trinajstić information content (AvgIpc) is 2.23. The summed E-state index contributed by atoms with van der Waals surface area (Å²) >= 11 is 5.53. The van der Waals surface area contributed by atoms with Crippen LogP contribution in [-0.2, 0) is 11.2 Å². The molecular weight excluding hydrogens is 231 g/mol. The van der Waals surface area contributed by atoms with Crippen molar-refractivity contribution in [1.82, 2.24) is 5.32 Å². The van der Waals surface area contributed by atoms with Gasteiger partial charge < -0.3 is 11.1 Å². The maximum Gasteiger partial charge on any atom is 0.224 e. The molecule has 1 rings (SSSR count). The van der Waals surface area contributed by atoms with Crippen LogP contribution in [0.5, 0.6) is 0 Å². The van der Waals surface area contributed by atoms with Crippen LogP contribution in [-0.4, -0.2) is 18.5 Å². The fourth-order valence-electron chi connectivity index (χ4n) is 1.22. The molecule has 5 heteroatoms. The molecule has 0 aliphatic carbocycles. The van der Waals surface area contributed by atoms with Crippen molar-refractivity contribution in [2.24, 2.45) is 5.73 Å². The second kappa shape index (κ2) is 5.82. The summed E-state index contributed by atoms with van der Waals surface area (Å²) in [7, 11) is 0. The number of halogens is 2. The number of carbonyl (C=O) groups excluding carboxylic acids is 1. The van der Waals surface area contributed by atoms with Crippen molar-refractivity contribution in [2.45, 2.75) is 19.4 Å². The molecule has 0 saturated heterocycles. The number of rotatable bonds is 4. The first-order valence-electron chi connectivity index (χ1n) is 4.96. The first-order chi connectivity index (χ1) is 7.52. The summed E-state index contributed by atoms with van der Waals surface area (Å²) in [6, 6.07) is 4.24. The highest BCUT2D eigenvalue weighted by atomic mass is 35.5. The topological polar surface area (TPSA) is 55.1 Å². The van der Waals surface area contributed by atoms with Crippen molar-refractivity contribution in [1.29, 1.82) is 0 Å². The van der Waals surface area contributed by atoms with Crippen molar-refractivity contribution in [3.05, 3.63) is 34.6 Å². The summed E-state index contributed by atoms with van der Waals surface area (Å²) in [5, 5.41) is 2.75. The van der Waals surface area contributed by atoms with Crippen LogP contribution in [0.3, 0.4) is 0 Å². The van der Waals surface area contributed by atoms with Crippen LogP contribution in [0.4, 0.5) is 4.39 Å². The molecule has 0 heterocycles. The molecule has 1 aromatic rings. The first kappa shape index (κ1) is 12.9. The molecule has 0 bridgehead atoms. The molecule has 0 aromatic heterocycles. The van der Waals surface area contributed by atoms with E-state index in [0.29, 0.717) is 12.1 Å². The van der Waals surface area contributed by atoms with Gasteiger partial charge in [0.05, 0.1) is 11.4 Å². The van der Waals surface area contributed by atoms with E-state index in [9.17, 15) is 9.18 Å². The average molecular weight is 245 g/mol. The number of nitrogens with one attached hydrogen (secondary N) is 1. The number of hydrogen-bond donors (Lipinski definition) is 2. The van der Waals surface area contributed by atoms with Gasteiger partial charge in [0.15, 0.2) is 0 Å². The largest absolute Gasteiger partial charge is 0.352 e. The van der Waals surface area contributed by atoms with Crippen molar-refractivity contribution in [3.8, 4) is 0 Å². The lowest BCUT2D eigenvalue weighted by atomic mass is 10.1. The maximum absolute atomic E-state index is 13.1. The van der Waals surface area contributed by atoms with Gasteiger partial charge in [-0.3, -0.25) is 4.79 Å². The Morgan fingerprint density at radius 3 is 2.88 bits per heavy atom. The van der Waals surface area contributed by atoms with Gasteiger partial charge in [-0.05, 0) is 24.6 Å². The summed E-state index contributed by atoms with van der Waals surface area (Å²) in [5.74, 6) is -0.696. The Balaban J connectivity index is 2.59. The molecular formula is C11H14ClFN2O. The molecule has 0 saturated carbocycles. The zero-order chi connectivity index (χ0) is 12.1. The molecule has 1 unspecified atom stereocenters. The monoisotopic (exact) mass is 244 g/mol. The first-order valence-corrected chi connectivity index (χ1v) is 5.34. The predicted octanol–water partition coefficient (Wildman–Crippen LogP) is 1.49. The SMILES string of the molecule is CC(CN)NC(=O)Cc1ccc(Cl)c(F)c1. The summed E-state index contributed by atoms with van der Waals surface area (Å²) in [5.41, 5.74) is 5.95. The summed E-state index contributed by atoms with van der Waals surface area (Å²) in [6.45, 7) is 2.18. The third kappa shape index (κ3) is 3.79. The molecule has 1 aromatic carbocycles. The second-order valence-corrected chi connectivity index (χ2v) is 4.04. The Kier molecular flexibility index (Phi) is 4.71. The van der Waals surface area contributed by atoms with E-state index >= 15 is 0 Å². The summed E-state index contributed by atoms with van der Waals surface area (Å²) in [6.07, 6.45) is 0.123. The van der Waals surface area contributed by atoms with Crippen LogP contribution in [0.25, 0.3) is 0 Å². The van der Waals surface area contributed by atoms with Crippen molar-refractivity contribution >= 4 is 17.5 Å². The number of amides is 1. The third-order valence-electron chi connectivity index (χ3n) is 2.11. The minimum atomic E-state index is -0.515. The van der Waals surface area contributed by atoms with E-state index in [-0.39, 0.29) is 23.4 Å². The van der Waals surface area contributed by atoms with E-state index in [0.717, 1.165) is 0 Å². The molecule has 88 valence electrons. The standard InChI is InChI=1S/C11H14ClFN2O/c1-7(6-14)15-11(16)5-8-2-3-9(12)10(13)4-8/h2-4,7H,5-6,14H2,1H3,(H,15,16). The molecule has 1 amide bonds. The van der Waals surface area contributed by atoms with E-state index in [1.54, 1.807) is 13.0 Å². The molecule has 1 atom stereocenters. The highest BCUT2D eigenvalue weighted by molar-refractivity contribution is 6.30. The summed E-state index contributed by atoms with van der Waals surface area (Å²) < 4.78 is 13.1. The molecule has 3 nitrogen and oxygen atoms in total.